The smallest absolute Gasteiger partial charge is 0.231 e. The van der Waals surface area contributed by atoms with Crippen LogP contribution < -0.4 is 14.8 Å². The third-order valence-electron chi connectivity index (χ3n) is 2.74. The summed E-state index contributed by atoms with van der Waals surface area (Å²) in [7, 11) is 1.64. The fourth-order valence-electron chi connectivity index (χ4n) is 1.73. The number of hydrogen-bond acceptors (Lipinski definition) is 6. The normalized spacial score (nSPS) is 12.9. The maximum absolute atomic E-state index is 9.82. The highest BCUT2D eigenvalue weighted by molar-refractivity contribution is 5.51. The van der Waals surface area contributed by atoms with Crippen LogP contribution in [0.25, 0.3) is 0 Å². The van der Waals surface area contributed by atoms with Gasteiger partial charge in [0.05, 0.1) is 19.8 Å². The number of benzene rings is 1. The first-order chi connectivity index (χ1) is 9.31. The summed E-state index contributed by atoms with van der Waals surface area (Å²) in [6.45, 7) is 3.26. The molecule has 2 rings (SSSR count). The summed E-state index contributed by atoms with van der Waals surface area (Å²) >= 11 is 0. The molecule has 1 aliphatic rings. The van der Waals surface area contributed by atoms with Gasteiger partial charge in [-0.3, -0.25) is 0 Å². The van der Waals surface area contributed by atoms with E-state index in [-0.39, 0.29) is 12.5 Å². The highest BCUT2D eigenvalue weighted by Gasteiger charge is 2.16. The van der Waals surface area contributed by atoms with Crippen molar-refractivity contribution in [1.29, 1.82) is 0 Å². The first-order valence-corrected chi connectivity index (χ1v) is 6.20. The van der Waals surface area contributed by atoms with Gasteiger partial charge in [0.25, 0.3) is 0 Å². The summed E-state index contributed by atoms with van der Waals surface area (Å²) in [5.74, 6) is 1.46. The number of ether oxygens (including phenoxy) is 4. The lowest BCUT2D eigenvalue weighted by Crippen LogP contribution is -2.20. The van der Waals surface area contributed by atoms with Crippen molar-refractivity contribution < 1.29 is 24.1 Å². The molecular formula is C13H19NO5. The molecule has 0 saturated heterocycles. The number of nitrogens with one attached hydrogen (secondary N) is 1. The van der Waals surface area contributed by atoms with Gasteiger partial charge >= 0.3 is 0 Å². The summed E-state index contributed by atoms with van der Waals surface area (Å²) < 4.78 is 20.6. The van der Waals surface area contributed by atoms with E-state index < -0.39 is 0 Å². The Morgan fingerprint density at radius 3 is 2.79 bits per heavy atom. The fraction of sp³-hybridized carbons (Fsp3) is 0.538. The highest BCUT2D eigenvalue weighted by atomic mass is 16.7. The molecule has 6 heteroatoms. The van der Waals surface area contributed by atoms with Crippen molar-refractivity contribution in [1.82, 2.24) is 5.32 Å². The predicted molar refractivity (Wildman–Crippen MR) is 68.6 cm³/mol. The van der Waals surface area contributed by atoms with Crippen LogP contribution in [0.2, 0.25) is 0 Å². The Morgan fingerprint density at radius 1 is 1.21 bits per heavy atom. The van der Waals surface area contributed by atoms with Gasteiger partial charge < -0.3 is 29.4 Å². The molecule has 2 N–H and O–H groups in total. The molecule has 0 amide bonds. The number of phenols is 1. The zero-order chi connectivity index (χ0) is 13.5. The molecule has 0 fully saturated rings. The van der Waals surface area contributed by atoms with E-state index in [1.54, 1.807) is 19.2 Å². The number of rotatable bonds is 8. The van der Waals surface area contributed by atoms with Crippen LogP contribution in [0.5, 0.6) is 17.2 Å². The summed E-state index contributed by atoms with van der Waals surface area (Å²) in [6.07, 6.45) is 0. The molecule has 1 aliphatic heterocycles. The summed E-state index contributed by atoms with van der Waals surface area (Å²) in [5, 5.41) is 13.0. The van der Waals surface area contributed by atoms with Gasteiger partial charge in [-0.05, 0) is 6.07 Å². The third-order valence-corrected chi connectivity index (χ3v) is 2.74. The van der Waals surface area contributed by atoms with Gasteiger partial charge in [0.15, 0.2) is 11.5 Å². The maximum Gasteiger partial charge on any atom is 0.231 e. The van der Waals surface area contributed by atoms with E-state index in [0.29, 0.717) is 44.4 Å². The van der Waals surface area contributed by atoms with Crippen LogP contribution in [-0.2, 0) is 16.0 Å². The maximum atomic E-state index is 9.82. The molecule has 1 aromatic rings. The molecular weight excluding hydrogens is 250 g/mol. The zero-order valence-corrected chi connectivity index (χ0v) is 11.0. The number of methoxy groups -OCH3 is 1. The Morgan fingerprint density at radius 2 is 2.00 bits per heavy atom. The Kier molecular flexibility index (Phi) is 5.26. The lowest BCUT2D eigenvalue weighted by molar-refractivity contribution is 0.0719. The molecule has 0 atom stereocenters. The first-order valence-electron chi connectivity index (χ1n) is 6.20. The van der Waals surface area contributed by atoms with Crippen molar-refractivity contribution in [3.8, 4) is 17.2 Å². The molecule has 0 radical (unpaired) electrons. The van der Waals surface area contributed by atoms with Gasteiger partial charge in [-0.1, -0.05) is 0 Å². The molecule has 0 spiro atoms. The minimum absolute atomic E-state index is 0.206. The first kappa shape index (κ1) is 13.9. The van der Waals surface area contributed by atoms with Crippen LogP contribution >= 0.6 is 0 Å². The molecule has 0 unspecified atom stereocenters. The molecule has 0 bridgehead atoms. The molecule has 6 nitrogen and oxygen atoms in total. The van der Waals surface area contributed by atoms with Gasteiger partial charge in [-0.2, -0.15) is 0 Å². The number of fused-ring (bicyclic) bond motifs is 1. The van der Waals surface area contributed by atoms with Crippen molar-refractivity contribution >= 4 is 0 Å². The molecule has 0 aliphatic carbocycles. The summed E-state index contributed by atoms with van der Waals surface area (Å²) in [5.41, 5.74) is 0.779. The van der Waals surface area contributed by atoms with E-state index >= 15 is 0 Å². The van der Waals surface area contributed by atoms with Gasteiger partial charge in [0.1, 0.15) is 5.75 Å². The van der Waals surface area contributed by atoms with Gasteiger partial charge in [0, 0.05) is 31.8 Å². The van der Waals surface area contributed by atoms with E-state index in [2.05, 4.69) is 5.32 Å². The topological polar surface area (TPSA) is 69.2 Å². The molecule has 0 saturated carbocycles. The second-order valence-electron chi connectivity index (χ2n) is 4.12. The van der Waals surface area contributed by atoms with E-state index in [9.17, 15) is 5.11 Å². The summed E-state index contributed by atoms with van der Waals surface area (Å²) in [6, 6.07) is 3.37. The van der Waals surface area contributed by atoms with E-state index in [1.807, 2.05) is 0 Å². The zero-order valence-electron chi connectivity index (χ0n) is 11.0. The Hall–Kier alpha value is -1.50. The Bertz CT molecular complexity index is 410. The van der Waals surface area contributed by atoms with Crippen molar-refractivity contribution in [2.75, 3.05) is 40.3 Å². The second kappa shape index (κ2) is 7.18. The number of hydrogen-bond donors (Lipinski definition) is 2. The predicted octanol–water partition coefficient (Wildman–Crippen LogP) is 0.873. The standard InChI is InChI=1S/C13H19NO5/c1-16-4-5-17-3-2-14-8-10-6-12-13(7-11(10)15)19-9-18-12/h6-7,14-15H,2-5,8-9H2,1H3. The van der Waals surface area contributed by atoms with Crippen molar-refractivity contribution in [2.45, 2.75) is 6.54 Å². The number of phenolic OH excluding ortho intramolecular Hbond substituents is 1. The SMILES string of the molecule is COCCOCCNCc1cc2c(cc1O)OCO2. The Labute approximate surface area is 112 Å². The lowest BCUT2D eigenvalue weighted by Gasteiger charge is -2.08. The average molecular weight is 269 g/mol. The van der Waals surface area contributed by atoms with Gasteiger partial charge in [-0.15, -0.1) is 0 Å². The van der Waals surface area contributed by atoms with Crippen molar-refractivity contribution in [3.05, 3.63) is 17.7 Å². The molecule has 1 heterocycles. The van der Waals surface area contributed by atoms with Crippen LogP contribution in [0, 0.1) is 0 Å². The Balaban J connectivity index is 1.71. The minimum atomic E-state index is 0.206. The molecule has 0 aromatic heterocycles. The highest BCUT2D eigenvalue weighted by Crippen LogP contribution is 2.37. The van der Waals surface area contributed by atoms with Crippen LogP contribution in [0.15, 0.2) is 12.1 Å². The average Bonchev–Trinajstić information content (AvgIpc) is 2.84. The quantitative estimate of drug-likeness (QED) is 0.683. The van der Waals surface area contributed by atoms with Crippen LogP contribution in [0.4, 0.5) is 0 Å². The number of aromatic hydroxyl groups is 1. The van der Waals surface area contributed by atoms with Gasteiger partial charge in [-0.25, -0.2) is 0 Å². The van der Waals surface area contributed by atoms with Crippen molar-refractivity contribution in [3.63, 3.8) is 0 Å². The van der Waals surface area contributed by atoms with Gasteiger partial charge in [0.2, 0.25) is 6.79 Å². The van der Waals surface area contributed by atoms with Crippen LogP contribution in [0.1, 0.15) is 5.56 Å². The molecule has 106 valence electrons. The molecule has 19 heavy (non-hydrogen) atoms. The monoisotopic (exact) mass is 269 g/mol. The second-order valence-corrected chi connectivity index (χ2v) is 4.12. The largest absolute Gasteiger partial charge is 0.507 e. The summed E-state index contributed by atoms with van der Waals surface area (Å²) in [4.78, 5) is 0. The van der Waals surface area contributed by atoms with E-state index in [1.165, 1.54) is 0 Å². The van der Waals surface area contributed by atoms with Crippen molar-refractivity contribution in [2.24, 2.45) is 0 Å². The third kappa shape index (κ3) is 3.99. The van der Waals surface area contributed by atoms with E-state index in [4.69, 9.17) is 18.9 Å². The van der Waals surface area contributed by atoms with Crippen LogP contribution in [0.3, 0.4) is 0 Å². The van der Waals surface area contributed by atoms with E-state index in [0.717, 1.165) is 5.56 Å². The van der Waals surface area contributed by atoms with Crippen LogP contribution in [-0.4, -0.2) is 45.4 Å². The molecule has 1 aromatic carbocycles. The lowest BCUT2D eigenvalue weighted by atomic mass is 10.1. The fourth-order valence-corrected chi connectivity index (χ4v) is 1.73. The minimum Gasteiger partial charge on any atom is -0.507 e.